The van der Waals surface area contributed by atoms with Gasteiger partial charge >= 0.3 is 7.60 Å². The fraction of sp³-hybridized carbons (Fsp3) is 0.167. The van der Waals surface area contributed by atoms with E-state index in [2.05, 4.69) is 0 Å². The van der Waals surface area contributed by atoms with E-state index in [1.165, 1.54) is 4.57 Å². The summed E-state index contributed by atoms with van der Waals surface area (Å²) in [4.78, 5) is 17.8. The van der Waals surface area contributed by atoms with E-state index in [9.17, 15) is 4.57 Å². The van der Waals surface area contributed by atoms with Crippen molar-refractivity contribution >= 4 is 7.60 Å². The van der Waals surface area contributed by atoms with Crippen LogP contribution in [0.25, 0.3) is 11.1 Å². The van der Waals surface area contributed by atoms with E-state index in [1.807, 2.05) is 48.3 Å². The summed E-state index contributed by atoms with van der Waals surface area (Å²) >= 11 is 0. The Kier molecular flexibility index (Phi) is 3.57. The summed E-state index contributed by atoms with van der Waals surface area (Å²) in [6.07, 6.45) is 6.94. The average Bonchev–Trinajstić information content (AvgIpc) is 2.29. The van der Waals surface area contributed by atoms with Crippen LogP contribution >= 0.6 is 7.60 Å². The third-order valence-electron chi connectivity index (χ3n) is 2.55. The van der Waals surface area contributed by atoms with Gasteiger partial charge < -0.3 is 9.79 Å². The van der Waals surface area contributed by atoms with E-state index in [0.29, 0.717) is 0 Å². The topological polar surface area (TPSA) is 65.3 Å². The number of pyridine rings is 2. The van der Waals surface area contributed by atoms with E-state index in [-0.39, 0.29) is 6.29 Å². The van der Waals surface area contributed by atoms with Gasteiger partial charge in [-0.05, 0) is 11.1 Å². The molecule has 0 spiro atoms. The van der Waals surface area contributed by atoms with Gasteiger partial charge in [0.2, 0.25) is 6.29 Å². The van der Waals surface area contributed by atoms with Crippen molar-refractivity contribution in [1.29, 1.82) is 0 Å². The van der Waals surface area contributed by atoms with Gasteiger partial charge in [0.15, 0.2) is 24.8 Å². The minimum Gasteiger partial charge on any atom is -0.320 e. The fourth-order valence-electron chi connectivity index (χ4n) is 1.65. The van der Waals surface area contributed by atoms with Crippen molar-refractivity contribution in [3.63, 3.8) is 0 Å². The standard InChI is InChI=1S/C12H13N2O3P/c1-13-6-2-11(3-7-13)12-4-8-14(9-5-12)10-18(15,16)17/h2-9H,10H2,1H3/p+2. The van der Waals surface area contributed by atoms with Crippen molar-refractivity contribution in [1.82, 2.24) is 0 Å². The van der Waals surface area contributed by atoms with E-state index in [1.54, 1.807) is 12.4 Å². The quantitative estimate of drug-likeness (QED) is 0.631. The second-order valence-electron chi connectivity index (χ2n) is 4.16. The molecular weight excluding hydrogens is 251 g/mol. The van der Waals surface area contributed by atoms with Crippen LogP contribution in [0.3, 0.4) is 0 Å². The highest BCUT2D eigenvalue weighted by atomic mass is 31.2. The average molecular weight is 266 g/mol. The summed E-state index contributed by atoms with van der Waals surface area (Å²) in [6, 6.07) is 7.65. The summed E-state index contributed by atoms with van der Waals surface area (Å²) in [5, 5.41) is 0. The van der Waals surface area contributed by atoms with E-state index in [4.69, 9.17) is 9.79 Å². The van der Waals surface area contributed by atoms with Gasteiger partial charge in [0.05, 0.1) is 0 Å². The first kappa shape index (κ1) is 12.9. The molecule has 0 fully saturated rings. The zero-order valence-electron chi connectivity index (χ0n) is 9.97. The summed E-state index contributed by atoms with van der Waals surface area (Å²) in [6.45, 7) is 0. The summed E-state index contributed by atoms with van der Waals surface area (Å²) in [7, 11) is -2.07. The maximum absolute atomic E-state index is 10.9. The molecule has 2 aromatic heterocycles. The second-order valence-corrected chi connectivity index (χ2v) is 5.77. The molecule has 6 heteroatoms. The number of aryl methyl sites for hydroxylation is 1. The number of hydrogen-bond donors (Lipinski definition) is 2. The Labute approximate surface area is 105 Å². The molecule has 2 N–H and O–H groups in total. The molecular formula is C12H15N2O3P+2. The van der Waals surface area contributed by atoms with Gasteiger partial charge in [-0.2, -0.15) is 4.57 Å². The Morgan fingerprint density at radius 3 is 1.89 bits per heavy atom. The third-order valence-corrected chi connectivity index (χ3v) is 3.25. The van der Waals surface area contributed by atoms with Crippen molar-refractivity contribution < 1.29 is 23.5 Å². The van der Waals surface area contributed by atoms with Crippen LogP contribution in [0.1, 0.15) is 0 Å². The first-order valence-electron chi connectivity index (χ1n) is 5.43. The lowest BCUT2D eigenvalue weighted by Crippen LogP contribution is -2.32. The lowest BCUT2D eigenvalue weighted by Gasteiger charge is -2.01. The van der Waals surface area contributed by atoms with Gasteiger partial charge in [0, 0.05) is 24.3 Å². The molecule has 0 aliphatic carbocycles. The van der Waals surface area contributed by atoms with Crippen LogP contribution in [-0.4, -0.2) is 9.79 Å². The smallest absolute Gasteiger partial charge is 0.320 e. The Hall–Kier alpha value is -1.55. The highest BCUT2D eigenvalue weighted by Gasteiger charge is 2.19. The predicted octanol–water partition coefficient (Wildman–Crippen LogP) is 0.601. The number of rotatable bonds is 3. The molecule has 18 heavy (non-hydrogen) atoms. The molecule has 0 saturated heterocycles. The van der Waals surface area contributed by atoms with Crippen LogP contribution in [0.4, 0.5) is 0 Å². The molecule has 5 nitrogen and oxygen atoms in total. The van der Waals surface area contributed by atoms with E-state index < -0.39 is 7.60 Å². The van der Waals surface area contributed by atoms with Crippen LogP contribution in [0.5, 0.6) is 0 Å². The van der Waals surface area contributed by atoms with Gasteiger partial charge in [0.1, 0.15) is 7.05 Å². The maximum Gasteiger partial charge on any atom is 0.390 e. The first-order chi connectivity index (χ1) is 8.44. The Morgan fingerprint density at radius 2 is 1.44 bits per heavy atom. The Balaban J connectivity index is 2.22. The number of hydrogen-bond acceptors (Lipinski definition) is 1. The van der Waals surface area contributed by atoms with Gasteiger partial charge in [0.25, 0.3) is 0 Å². The maximum atomic E-state index is 10.9. The van der Waals surface area contributed by atoms with E-state index >= 15 is 0 Å². The van der Waals surface area contributed by atoms with Crippen molar-refractivity contribution in [2.45, 2.75) is 6.29 Å². The van der Waals surface area contributed by atoms with Gasteiger partial charge in [-0.25, -0.2) is 4.57 Å². The van der Waals surface area contributed by atoms with Crippen molar-refractivity contribution in [2.24, 2.45) is 7.05 Å². The molecule has 0 aliphatic heterocycles. The molecule has 0 saturated carbocycles. The SMILES string of the molecule is C[n+]1ccc(-c2cc[n+](CP(=O)(O)O)cc2)cc1. The Bertz CT molecular complexity index is 575. The van der Waals surface area contributed by atoms with Crippen LogP contribution in [0.2, 0.25) is 0 Å². The molecule has 0 unspecified atom stereocenters. The Morgan fingerprint density at radius 1 is 1.00 bits per heavy atom. The lowest BCUT2D eigenvalue weighted by molar-refractivity contribution is -0.679. The highest BCUT2D eigenvalue weighted by Crippen LogP contribution is 2.33. The predicted molar refractivity (Wildman–Crippen MR) is 65.3 cm³/mol. The lowest BCUT2D eigenvalue weighted by atomic mass is 10.1. The molecule has 0 amide bonds. The molecule has 2 aromatic rings. The number of aromatic nitrogens is 2. The van der Waals surface area contributed by atoms with Crippen molar-refractivity contribution in [2.75, 3.05) is 0 Å². The molecule has 0 radical (unpaired) electrons. The van der Waals surface area contributed by atoms with Crippen LogP contribution < -0.4 is 9.13 Å². The van der Waals surface area contributed by atoms with Gasteiger partial charge in [-0.15, -0.1) is 0 Å². The second kappa shape index (κ2) is 4.98. The zero-order valence-corrected chi connectivity index (χ0v) is 10.9. The molecule has 94 valence electrons. The molecule has 2 rings (SSSR count). The summed E-state index contributed by atoms with van der Waals surface area (Å²) in [5.74, 6) is 0. The fourth-order valence-corrected chi connectivity index (χ4v) is 2.26. The van der Waals surface area contributed by atoms with E-state index in [0.717, 1.165) is 11.1 Å². The van der Waals surface area contributed by atoms with Crippen LogP contribution in [0.15, 0.2) is 49.1 Å². The van der Waals surface area contributed by atoms with Crippen molar-refractivity contribution in [3.8, 4) is 11.1 Å². The summed E-state index contributed by atoms with van der Waals surface area (Å²) < 4.78 is 14.3. The molecule has 0 aliphatic rings. The number of nitrogens with zero attached hydrogens (tertiary/aromatic N) is 2. The van der Waals surface area contributed by atoms with Gasteiger partial charge in [-0.3, -0.25) is 4.57 Å². The van der Waals surface area contributed by atoms with Crippen LogP contribution in [0, 0.1) is 0 Å². The molecule has 0 aromatic carbocycles. The monoisotopic (exact) mass is 266 g/mol. The normalized spacial score (nSPS) is 11.5. The van der Waals surface area contributed by atoms with Crippen LogP contribution in [-0.2, 0) is 17.9 Å². The summed E-state index contributed by atoms with van der Waals surface area (Å²) in [5.41, 5.74) is 2.08. The van der Waals surface area contributed by atoms with Crippen molar-refractivity contribution in [3.05, 3.63) is 49.1 Å². The molecule has 0 bridgehead atoms. The third kappa shape index (κ3) is 3.47. The minimum atomic E-state index is -4.02. The minimum absolute atomic E-state index is 0.295. The first-order valence-corrected chi connectivity index (χ1v) is 7.23. The molecule has 0 atom stereocenters. The van der Waals surface area contributed by atoms with Gasteiger partial charge in [-0.1, -0.05) is 0 Å². The largest absolute Gasteiger partial charge is 0.390 e. The molecule has 2 heterocycles. The highest BCUT2D eigenvalue weighted by molar-refractivity contribution is 7.50. The zero-order chi connectivity index (χ0) is 13.2.